The molecular weight excluding hydrogens is 491 g/mol. The maximum Gasteiger partial charge on any atom is 0.244 e. The molecule has 0 saturated carbocycles. The first-order valence-electron chi connectivity index (χ1n) is 12.4. The van der Waals surface area contributed by atoms with E-state index in [4.69, 9.17) is 14.7 Å². The number of nitrogens with zero attached hydrogens (tertiary/aromatic N) is 4. The third-order valence-electron chi connectivity index (χ3n) is 6.98. The van der Waals surface area contributed by atoms with Crippen molar-refractivity contribution in [2.75, 3.05) is 37.7 Å². The first kappa shape index (κ1) is 24.0. The Morgan fingerprint density at radius 1 is 0.919 bits per heavy atom. The van der Waals surface area contributed by atoms with Crippen molar-refractivity contribution in [3.05, 3.63) is 95.2 Å². The highest BCUT2D eigenvalue weighted by molar-refractivity contribution is 7.89. The molecule has 37 heavy (non-hydrogen) atoms. The molecule has 0 atom stereocenters. The van der Waals surface area contributed by atoms with E-state index in [0.29, 0.717) is 61.8 Å². The molecule has 7 nitrogen and oxygen atoms in total. The van der Waals surface area contributed by atoms with E-state index < -0.39 is 10.0 Å². The van der Waals surface area contributed by atoms with Crippen molar-refractivity contribution < 1.29 is 17.5 Å². The molecule has 6 rings (SSSR count). The predicted molar refractivity (Wildman–Crippen MR) is 140 cm³/mol. The molecule has 3 aromatic carbocycles. The van der Waals surface area contributed by atoms with E-state index in [0.717, 1.165) is 28.0 Å². The summed E-state index contributed by atoms with van der Waals surface area (Å²) < 4.78 is 48.6. The number of halogens is 1. The van der Waals surface area contributed by atoms with Crippen LogP contribution in [0, 0.1) is 5.82 Å². The summed E-state index contributed by atoms with van der Waals surface area (Å²) in [5.74, 6) is 1.06. The highest BCUT2D eigenvalue weighted by Crippen LogP contribution is 2.33. The minimum atomic E-state index is -3.75. The van der Waals surface area contributed by atoms with Gasteiger partial charge in [-0.05, 0) is 29.1 Å². The van der Waals surface area contributed by atoms with Crippen LogP contribution in [0.3, 0.4) is 0 Å². The summed E-state index contributed by atoms with van der Waals surface area (Å²) in [7, 11) is -3.75. The van der Waals surface area contributed by atoms with Crippen molar-refractivity contribution in [2.45, 2.75) is 24.3 Å². The molecule has 3 heterocycles. The van der Waals surface area contributed by atoms with Crippen LogP contribution in [0.2, 0.25) is 0 Å². The number of benzene rings is 3. The number of sulfonamides is 1. The minimum absolute atomic E-state index is 0.202. The Labute approximate surface area is 215 Å². The fraction of sp³-hybridized carbons (Fsp3) is 0.286. The van der Waals surface area contributed by atoms with Gasteiger partial charge in [0.1, 0.15) is 17.5 Å². The lowest BCUT2D eigenvalue weighted by molar-refractivity contribution is 0.122. The quantitative estimate of drug-likeness (QED) is 0.398. The van der Waals surface area contributed by atoms with E-state index in [-0.39, 0.29) is 12.4 Å². The summed E-state index contributed by atoms with van der Waals surface area (Å²) in [5, 5.41) is 1.60. The Morgan fingerprint density at radius 3 is 2.54 bits per heavy atom. The molecule has 0 bridgehead atoms. The van der Waals surface area contributed by atoms with Crippen molar-refractivity contribution in [1.29, 1.82) is 0 Å². The zero-order chi connectivity index (χ0) is 25.4. The van der Waals surface area contributed by atoms with E-state index in [9.17, 15) is 12.8 Å². The highest BCUT2D eigenvalue weighted by Gasteiger charge is 2.33. The SMILES string of the molecule is O=S(=O)(c1cccc2ccccc12)N1CCc2nc(Cc3cccc(F)c3)nc(N3CCOCC3)c2C1. The molecule has 1 fully saturated rings. The fourth-order valence-corrected chi connectivity index (χ4v) is 6.76. The normalized spacial score (nSPS) is 16.6. The van der Waals surface area contributed by atoms with Crippen LogP contribution in [0.15, 0.2) is 71.6 Å². The van der Waals surface area contributed by atoms with Crippen molar-refractivity contribution >= 4 is 26.6 Å². The van der Waals surface area contributed by atoms with Crippen molar-refractivity contribution in [3.63, 3.8) is 0 Å². The molecule has 4 aromatic rings. The minimum Gasteiger partial charge on any atom is -0.378 e. The van der Waals surface area contributed by atoms with Crippen LogP contribution >= 0.6 is 0 Å². The summed E-state index contributed by atoms with van der Waals surface area (Å²) in [5.41, 5.74) is 2.48. The van der Waals surface area contributed by atoms with Crippen LogP contribution in [-0.2, 0) is 34.1 Å². The van der Waals surface area contributed by atoms with Crippen LogP contribution < -0.4 is 4.90 Å². The number of aromatic nitrogens is 2. The van der Waals surface area contributed by atoms with Crippen LogP contribution in [-0.4, -0.2) is 55.5 Å². The molecule has 2 aliphatic heterocycles. The molecule has 1 saturated heterocycles. The van der Waals surface area contributed by atoms with Crippen LogP contribution in [0.4, 0.5) is 10.2 Å². The van der Waals surface area contributed by atoms with E-state index in [1.54, 1.807) is 18.2 Å². The maximum absolute atomic E-state index is 13.9. The first-order chi connectivity index (χ1) is 18.0. The maximum atomic E-state index is 13.9. The van der Waals surface area contributed by atoms with Crippen molar-refractivity contribution in [3.8, 4) is 0 Å². The summed E-state index contributed by atoms with van der Waals surface area (Å²) in [6.45, 7) is 3.02. The van der Waals surface area contributed by atoms with Gasteiger partial charge in [0, 0.05) is 50.0 Å². The van der Waals surface area contributed by atoms with Crippen LogP contribution in [0.25, 0.3) is 10.8 Å². The third-order valence-corrected chi connectivity index (χ3v) is 8.88. The second-order valence-corrected chi connectivity index (χ2v) is 11.3. The number of fused-ring (bicyclic) bond motifs is 2. The topological polar surface area (TPSA) is 75.6 Å². The summed E-state index contributed by atoms with van der Waals surface area (Å²) in [6.07, 6.45) is 0.885. The lowest BCUT2D eigenvalue weighted by Crippen LogP contribution is -2.41. The zero-order valence-electron chi connectivity index (χ0n) is 20.3. The number of rotatable bonds is 5. The Bertz CT molecular complexity index is 1570. The molecule has 1 aromatic heterocycles. The van der Waals surface area contributed by atoms with Crippen molar-refractivity contribution in [1.82, 2.24) is 14.3 Å². The van der Waals surface area contributed by atoms with E-state index >= 15 is 0 Å². The van der Waals surface area contributed by atoms with Gasteiger partial charge in [-0.1, -0.05) is 48.5 Å². The van der Waals surface area contributed by atoms with Gasteiger partial charge in [0.15, 0.2) is 0 Å². The van der Waals surface area contributed by atoms with Gasteiger partial charge in [0.2, 0.25) is 10.0 Å². The summed E-state index contributed by atoms with van der Waals surface area (Å²) in [6, 6.07) is 19.4. The molecule has 0 spiro atoms. The molecule has 0 unspecified atom stereocenters. The van der Waals surface area contributed by atoms with E-state index in [1.165, 1.54) is 16.4 Å². The standard InChI is InChI=1S/C28H27FN4O3S/c29-22-8-3-5-20(17-22)18-27-30-25-11-12-33(19-24(25)28(31-27)32-13-15-36-16-14-32)37(34,35)26-10-4-7-21-6-1-2-9-23(21)26/h1-10,17H,11-16,18-19H2. The Balaban J connectivity index is 1.38. The smallest absolute Gasteiger partial charge is 0.244 e. The average Bonchev–Trinajstić information content (AvgIpc) is 2.92. The summed E-state index contributed by atoms with van der Waals surface area (Å²) >= 11 is 0. The molecule has 2 aliphatic rings. The van der Waals surface area contributed by atoms with Crippen LogP contribution in [0.5, 0.6) is 0 Å². The van der Waals surface area contributed by atoms with Gasteiger partial charge >= 0.3 is 0 Å². The molecule has 190 valence electrons. The second-order valence-electron chi connectivity index (χ2n) is 9.36. The van der Waals surface area contributed by atoms with Gasteiger partial charge < -0.3 is 9.64 Å². The number of hydrogen-bond donors (Lipinski definition) is 0. The molecule has 0 amide bonds. The highest BCUT2D eigenvalue weighted by atomic mass is 32.2. The van der Waals surface area contributed by atoms with Gasteiger partial charge in [-0.25, -0.2) is 22.8 Å². The molecule has 0 N–H and O–H groups in total. The van der Waals surface area contributed by atoms with E-state index in [2.05, 4.69) is 4.90 Å². The average molecular weight is 519 g/mol. The summed E-state index contributed by atoms with van der Waals surface area (Å²) in [4.78, 5) is 12.2. The van der Waals surface area contributed by atoms with Crippen molar-refractivity contribution in [2.24, 2.45) is 0 Å². The van der Waals surface area contributed by atoms with Gasteiger partial charge in [-0.15, -0.1) is 0 Å². The fourth-order valence-electron chi connectivity index (χ4n) is 5.13. The third kappa shape index (κ3) is 4.70. The number of ether oxygens (including phenoxy) is 1. The Morgan fingerprint density at radius 2 is 1.70 bits per heavy atom. The second kappa shape index (κ2) is 9.81. The lowest BCUT2D eigenvalue weighted by Gasteiger charge is -2.34. The first-order valence-corrected chi connectivity index (χ1v) is 13.9. The van der Waals surface area contributed by atoms with Gasteiger partial charge in [-0.3, -0.25) is 0 Å². The zero-order valence-corrected chi connectivity index (χ0v) is 21.1. The molecule has 0 aliphatic carbocycles. The van der Waals surface area contributed by atoms with Crippen LogP contribution in [0.1, 0.15) is 22.6 Å². The number of morpholine rings is 1. The lowest BCUT2D eigenvalue weighted by atomic mass is 10.1. The molecule has 9 heteroatoms. The van der Waals surface area contributed by atoms with Gasteiger partial charge in [0.05, 0.1) is 23.8 Å². The molecular formula is C28H27FN4O3S. The Kier molecular flexibility index (Phi) is 6.36. The number of hydrogen-bond acceptors (Lipinski definition) is 6. The predicted octanol–water partition coefficient (Wildman–Crippen LogP) is 3.94. The largest absolute Gasteiger partial charge is 0.378 e. The van der Waals surface area contributed by atoms with Gasteiger partial charge in [-0.2, -0.15) is 4.31 Å². The number of anilines is 1. The monoisotopic (exact) mass is 518 g/mol. The Hall–Kier alpha value is -3.40. The van der Waals surface area contributed by atoms with E-state index in [1.807, 2.05) is 36.4 Å². The van der Waals surface area contributed by atoms with Gasteiger partial charge in [0.25, 0.3) is 0 Å². The molecule has 0 radical (unpaired) electrons.